The van der Waals surface area contributed by atoms with Crippen LogP contribution in [0, 0.1) is 11.5 Å². The molecule has 4 rings (SSSR count). The zero-order chi connectivity index (χ0) is 31.8. The van der Waals surface area contributed by atoms with E-state index < -0.39 is 71.5 Å². The van der Waals surface area contributed by atoms with E-state index in [1.165, 1.54) is 24.4 Å². The number of anilines is 1. The number of aliphatic hydroxyl groups is 1. The minimum Gasteiger partial charge on any atom is -0.391 e. The number of nitriles is 1. The highest BCUT2D eigenvalue weighted by atomic mass is 19.4. The zero-order valence-corrected chi connectivity index (χ0v) is 24.0. The first kappa shape index (κ1) is 32.1. The molecule has 2 N–H and O–H groups in total. The molecule has 8 nitrogen and oxygen atoms in total. The number of nitrogens with zero attached hydrogens (tertiary/aromatic N) is 4. The highest BCUT2D eigenvalue weighted by Gasteiger charge is 2.68. The normalized spacial score (nSPS) is 22.4. The highest BCUT2D eigenvalue weighted by Crippen LogP contribution is 2.48. The van der Waals surface area contributed by atoms with Gasteiger partial charge in [-0.1, -0.05) is 39.0 Å². The first-order chi connectivity index (χ1) is 20.0. The number of pyridine rings is 1. The summed E-state index contributed by atoms with van der Waals surface area (Å²) in [6.07, 6.45) is -4.93. The predicted octanol–water partition coefficient (Wildman–Crippen LogP) is 4.78. The van der Waals surface area contributed by atoms with Crippen LogP contribution in [0.3, 0.4) is 0 Å². The van der Waals surface area contributed by atoms with Gasteiger partial charge in [-0.3, -0.25) is 24.4 Å². The third-order valence-electron chi connectivity index (χ3n) is 8.11. The van der Waals surface area contributed by atoms with Gasteiger partial charge in [0.15, 0.2) is 6.19 Å². The molecule has 2 aromatic rings. The van der Waals surface area contributed by atoms with Crippen LogP contribution in [0.25, 0.3) is 0 Å². The van der Waals surface area contributed by atoms with Gasteiger partial charge in [0.25, 0.3) is 11.8 Å². The number of aliphatic hydroxyl groups excluding tert-OH is 1. The Morgan fingerprint density at radius 1 is 1.09 bits per heavy atom. The number of hydrogen-bond acceptors (Lipinski definition) is 6. The number of carbonyl (C=O) groups excluding carboxylic acids is 2. The number of alkyl halides is 5. The molecule has 43 heavy (non-hydrogen) atoms. The Hall–Kier alpha value is -3.79. The number of hydrogen-bond donors (Lipinski definition) is 2. The van der Waals surface area contributed by atoms with Crippen LogP contribution in [0.5, 0.6) is 0 Å². The van der Waals surface area contributed by atoms with Gasteiger partial charge in [0.1, 0.15) is 6.04 Å². The van der Waals surface area contributed by atoms with E-state index in [-0.39, 0.29) is 31.5 Å². The van der Waals surface area contributed by atoms with Crippen molar-refractivity contribution in [2.75, 3.05) is 11.4 Å². The summed E-state index contributed by atoms with van der Waals surface area (Å²) < 4.78 is 75.0. The van der Waals surface area contributed by atoms with Crippen molar-refractivity contribution in [3.05, 3.63) is 59.9 Å². The Morgan fingerprint density at radius 3 is 2.23 bits per heavy atom. The van der Waals surface area contributed by atoms with Crippen molar-refractivity contribution < 1.29 is 36.6 Å². The van der Waals surface area contributed by atoms with Crippen molar-refractivity contribution >= 4 is 17.5 Å². The number of nitrogens with one attached hydrogen (secondary N) is 1. The summed E-state index contributed by atoms with van der Waals surface area (Å²) in [5, 5.41) is 22.2. The molecule has 1 aromatic heterocycles. The summed E-state index contributed by atoms with van der Waals surface area (Å²) in [4.78, 5) is 33.5. The van der Waals surface area contributed by atoms with Crippen molar-refractivity contribution in [2.24, 2.45) is 0 Å². The Balaban J connectivity index is 1.95. The van der Waals surface area contributed by atoms with E-state index in [0.29, 0.717) is 4.90 Å². The molecule has 13 heteroatoms. The molecule has 0 radical (unpaired) electrons. The lowest BCUT2D eigenvalue weighted by Crippen LogP contribution is -2.69. The molecule has 232 valence electrons. The number of benzene rings is 1. The number of halogens is 5. The summed E-state index contributed by atoms with van der Waals surface area (Å²) in [5.41, 5.74) is -4.34. The molecule has 2 fully saturated rings. The second-order valence-electron chi connectivity index (χ2n) is 12.2. The Kier molecular flexibility index (Phi) is 8.75. The lowest BCUT2D eigenvalue weighted by atomic mass is 9.83. The van der Waals surface area contributed by atoms with Crippen molar-refractivity contribution in [1.82, 2.24) is 15.2 Å². The lowest BCUT2D eigenvalue weighted by Gasteiger charge is -2.45. The average molecular weight is 608 g/mol. The average Bonchev–Trinajstić information content (AvgIpc) is 3.32. The molecule has 3 unspecified atom stereocenters. The summed E-state index contributed by atoms with van der Waals surface area (Å²) in [6, 6.07) is 5.38. The van der Waals surface area contributed by atoms with E-state index in [1.807, 2.05) is 20.8 Å². The van der Waals surface area contributed by atoms with Gasteiger partial charge in [-0.05, 0) is 42.0 Å². The maximum absolute atomic E-state index is 15.8. The summed E-state index contributed by atoms with van der Waals surface area (Å²) in [7, 11) is 0. The first-order valence-corrected chi connectivity index (χ1v) is 14.0. The van der Waals surface area contributed by atoms with Gasteiger partial charge in [-0.2, -0.15) is 18.4 Å². The van der Waals surface area contributed by atoms with Gasteiger partial charge in [0, 0.05) is 48.9 Å². The third kappa shape index (κ3) is 6.30. The molecule has 2 amide bonds. The monoisotopic (exact) mass is 607 g/mol. The third-order valence-corrected chi connectivity index (χ3v) is 8.11. The smallest absolute Gasteiger partial charge is 0.391 e. The highest BCUT2D eigenvalue weighted by molar-refractivity contribution is 6.07. The SMILES string of the molecule is CC(C)(C)c1ccc(N(C(=O)C2CC(O)CN2C#N)C(C(=O)NC2CCC(F)(F)CC2)(c2cccnc2)C(F)(F)F)cc1. The molecule has 0 spiro atoms. The first-order valence-electron chi connectivity index (χ1n) is 14.0. The van der Waals surface area contributed by atoms with Crippen LogP contribution in [0.2, 0.25) is 0 Å². The van der Waals surface area contributed by atoms with Gasteiger partial charge in [0.2, 0.25) is 11.5 Å². The summed E-state index contributed by atoms with van der Waals surface area (Å²) in [5.74, 6) is -5.88. The van der Waals surface area contributed by atoms with E-state index >= 15 is 13.2 Å². The van der Waals surface area contributed by atoms with Gasteiger partial charge in [0.05, 0.1) is 12.6 Å². The Labute approximate surface area is 246 Å². The molecule has 1 saturated heterocycles. The van der Waals surface area contributed by atoms with Crippen LogP contribution < -0.4 is 10.2 Å². The lowest BCUT2D eigenvalue weighted by molar-refractivity contribution is -0.198. The minimum absolute atomic E-state index is 0.259. The molecular weight excluding hydrogens is 573 g/mol. The molecular formula is C30H34F5N5O3. The van der Waals surface area contributed by atoms with Gasteiger partial charge >= 0.3 is 6.18 Å². The van der Waals surface area contributed by atoms with Crippen molar-refractivity contribution in [3.8, 4) is 6.19 Å². The molecule has 2 heterocycles. The standard InChI is InChI=1S/C30H34F5N5O3/c1-27(2,3)19-6-8-22(9-7-19)40(25(42)24-15-23(41)17-39(24)18-36)29(30(33,34)35,20-5-4-14-37-16-20)26(43)38-21-10-12-28(31,32)13-11-21/h4-9,14,16,21,23-24,41H,10-13,15,17H2,1-3H3,(H,38,43). The fourth-order valence-corrected chi connectivity index (χ4v) is 5.74. The quantitative estimate of drug-likeness (QED) is 0.362. The van der Waals surface area contributed by atoms with Crippen LogP contribution in [0.1, 0.15) is 64.0 Å². The second kappa shape index (κ2) is 11.7. The van der Waals surface area contributed by atoms with Crippen molar-refractivity contribution in [1.29, 1.82) is 5.26 Å². The molecule has 1 aromatic carbocycles. The van der Waals surface area contributed by atoms with E-state index in [4.69, 9.17) is 0 Å². The van der Waals surface area contributed by atoms with E-state index in [1.54, 1.807) is 18.3 Å². The number of aromatic nitrogens is 1. The van der Waals surface area contributed by atoms with Gasteiger partial charge in [-0.15, -0.1) is 0 Å². The van der Waals surface area contributed by atoms with Crippen molar-refractivity contribution in [2.45, 2.75) is 94.1 Å². The van der Waals surface area contributed by atoms with E-state index in [2.05, 4.69) is 10.3 Å². The molecule has 0 bridgehead atoms. The fraction of sp³-hybridized carbons (Fsp3) is 0.533. The van der Waals surface area contributed by atoms with E-state index in [0.717, 1.165) is 22.7 Å². The molecule has 3 atom stereocenters. The maximum Gasteiger partial charge on any atom is 0.425 e. The number of likely N-dealkylation sites (tertiary alicyclic amines) is 1. The number of amides is 2. The number of carbonyl (C=O) groups is 2. The number of rotatable bonds is 6. The van der Waals surface area contributed by atoms with Crippen LogP contribution in [-0.4, -0.2) is 63.6 Å². The molecule has 1 saturated carbocycles. The van der Waals surface area contributed by atoms with Crippen molar-refractivity contribution in [3.63, 3.8) is 0 Å². The second-order valence-corrected chi connectivity index (χ2v) is 12.2. The molecule has 2 aliphatic rings. The minimum atomic E-state index is -5.47. The topological polar surface area (TPSA) is 110 Å². The predicted molar refractivity (Wildman–Crippen MR) is 147 cm³/mol. The number of β-amino-alcohol motifs (C(OH)–C–C–N with tert-alkyl or cyclic N) is 1. The van der Waals surface area contributed by atoms with Gasteiger partial charge < -0.3 is 10.4 Å². The fourth-order valence-electron chi connectivity index (χ4n) is 5.74. The summed E-state index contributed by atoms with van der Waals surface area (Å²) in [6.45, 7) is 5.41. The van der Waals surface area contributed by atoms with Crippen LogP contribution in [0.4, 0.5) is 27.6 Å². The Bertz CT molecular complexity index is 1350. The molecule has 1 aliphatic heterocycles. The van der Waals surface area contributed by atoms with E-state index in [9.17, 15) is 28.7 Å². The molecule has 1 aliphatic carbocycles. The van der Waals surface area contributed by atoms with Crippen LogP contribution in [0.15, 0.2) is 48.8 Å². The van der Waals surface area contributed by atoms with Crippen LogP contribution in [-0.2, 0) is 20.5 Å². The zero-order valence-electron chi connectivity index (χ0n) is 24.0. The van der Waals surface area contributed by atoms with Gasteiger partial charge in [-0.25, -0.2) is 8.78 Å². The maximum atomic E-state index is 15.8. The largest absolute Gasteiger partial charge is 0.425 e. The summed E-state index contributed by atoms with van der Waals surface area (Å²) >= 11 is 0. The Morgan fingerprint density at radius 2 is 1.72 bits per heavy atom. The van der Waals surface area contributed by atoms with Crippen LogP contribution >= 0.6 is 0 Å².